The third kappa shape index (κ3) is 3.67. The summed E-state index contributed by atoms with van der Waals surface area (Å²) < 4.78 is 19.6. The summed E-state index contributed by atoms with van der Waals surface area (Å²) in [5.41, 5.74) is 1.29. The van der Waals surface area contributed by atoms with Gasteiger partial charge in [0, 0.05) is 21.2 Å². The summed E-state index contributed by atoms with van der Waals surface area (Å²) in [5, 5.41) is 4.19. The lowest BCUT2D eigenvalue weighted by molar-refractivity contribution is 0.403. The van der Waals surface area contributed by atoms with Crippen LogP contribution in [0.1, 0.15) is 24.1 Å². The molecule has 0 aromatic heterocycles. The van der Waals surface area contributed by atoms with E-state index in [1.807, 2.05) is 6.92 Å². The van der Waals surface area contributed by atoms with Crippen molar-refractivity contribution < 1.29 is 9.13 Å². The van der Waals surface area contributed by atoms with Gasteiger partial charge in [0.1, 0.15) is 11.6 Å². The topological polar surface area (TPSA) is 21.3 Å². The van der Waals surface area contributed by atoms with Gasteiger partial charge in [-0.3, -0.25) is 0 Å². The number of methoxy groups -OCH3 is 1. The molecule has 1 atom stereocenters. The van der Waals surface area contributed by atoms with E-state index >= 15 is 0 Å². The standard InChI is InChI=1S/C16H16Cl2FNO/c1-3-20-16(12-6-4-11(18)9-14(12)19)13-8-10(17)5-7-15(13)21-2/h4-9,16,20H,3H2,1-2H3. The molecule has 0 aliphatic rings. The highest BCUT2D eigenvalue weighted by molar-refractivity contribution is 6.31. The predicted octanol–water partition coefficient (Wildman–Crippen LogP) is 4.84. The number of benzene rings is 2. The van der Waals surface area contributed by atoms with Gasteiger partial charge < -0.3 is 10.1 Å². The van der Waals surface area contributed by atoms with Crippen molar-refractivity contribution in [2.24, 2.45) is 0 Å². The second-order valence-electron chi connectivity index (χ2n) is 4.54. The third-order valence-corrected chi connectivity index (χ3v) is 3.65. The molecule has 0 radical (unpaired) electrons. The van der Waals surface area contributed by atoms with Gasteiger partial charge in [-0.1, -0.05) is 36.2 Å². The van der Waals surface area contributed by atoms with Crippen molar-refractivity contribution >= 4 is 23.2 Å². The highest BCUT2D eigenvalue weighted by Gasteiger charge is 2.21. The Morgan fingerprint density at radius 1 is 1.10 bits per heavy atom. The second kappa shape index (κ2) is 7.12. The Kier molecular flexibility index (Phi) is 5.45. The summed E-state index contributed by atoms with van der Waals surface area (Å²) in [6.07, 6.45) is 0. The number of nitrogens with one attached hydrogen (secondary N) is 1. The van der Waals surface area contributed by atoms with Crippen LogP contribution in [0.2, 0.25) is 10.0 Å². The molecular formula is C16H16Cl2FNO. The molecule has 0 heterocycles. The van der Waals surface area contributed by atoms with Crippen LogP contribution in [0.4, 0.5) is 4.39 Å². The molecule has 0 aliphatic carbocycles. The van der Waals surface area contributed by atoms with Gasteiger partial charge in [0.05, 0.1) is 13.2 Å². The molecule has 0 saturated heterocycles. The molecule has 112 valence electrons. The summed E-state index contributed by atoms with van der Waals surface area (Å²) in [6, 6.07) is 9.58. The van der Waals surface area contributed by atoms with Crippen LogP contribution in [0.5, 0.6) is 5.75 Å². The van der Waals surface area contributed by atoms with Gasteiger partial charge in [-0.05, 0) is 36.9 Å². The molecule has 0 aliphatic heterocycles. The number of ether oxygens (including phenoxy) is 1. The lowest BCUT2D eigenvalue weighted by atomic mass is 9.97. The molecule has 2 nitrogen and oxygen atoms in total. The molecule has 0 fully saturated rings. The van der Waals surface area contributed by atoms with E-state index in [-0.39, 0.29) is 11.9 Å². The first-order valence-corrected chi connectivity index (χ1v) is 7.34. The van der Waals surface area contributed by atoms with Crippen LogP contribution in [0.25, 0.3) is 0 Å². The van der Waals surface area contributed by atoms with Gasteiger partial charge in [-0.2, -0.15) is 0 Å². The maximum Gasteiger partial charge on any atom is 0.129 e. The van der Waals surface area contributed by atoms with Crippen molar-refractivity contribution in [3.8, 4) is 5.75 Å². The van der Waals surface area contributed by atoms with Gasteiger partial charge in [0.2, 0.25) is 0 Å². The molecule has 0 bridgehead atoms. The van der Waals surface area contributed by atoms with Gasteiger partial charge in [0.25, 0.3) is 0 Å². The Balaban J connectivity index is 2.55. The van der Waals surface area contributed by atoms with Crippen LogP contribution < -0.4 is 10.1 Å². The van der Waals surface area contributed by atoms with Crippen molar-refractivity contribution in [1.29, 1.82) is 0 Å². The highest BCUT2D eigenvalue weighted by atomic mass is 35.5. The summed E-state index contributed by atoms with van der Waals surface area (Å²) in [6.45, 7) is 2.63. The molecular weight excluding hydrogens is 312 g/mol. The lowest BCUT2D eigenvalue weighted by Crippen LogP contribution is -2.23. The molecule has 1 unspecified atom stereocenters. The number of hydrogen-bond donors (Lipinski definition) is 1. The molecule has 2 aromatic rings. The minimum absolute atomic E-state index is 0.360. The van der Waals surface area contributed by atoms with E-state index in [4.69, 9.17) is 27.9 Å². The third-order valence-electron chi connectivity index (χ3n) is 3.18. The van der Waals surface area contributed by atoms with E-state index in [1.54, 1.807) is 37.4 Å². The molecule has 0 spiro atoms. The Morgan fingerprint density at radius 2 is 1.76 bits per heavy atom. The van der Waals surface area contributed by atoms with Gasteiger partial charge >= 0.3 is 0 Å². The average molecular weight is 328 g/mol. The Bertz CT molecular complexity index is 634. The molecule has 2 rings (SSSR count). The van der Waals surface area contributed by atoms with Gasteiger partial charge in [0.15, 0.2) is 0 Å². The Morgan fingerprint density at radius 3 is 2.38 bits per heavy atom. The summed E-state index contributed by atoms with van der Waals surface area (Å²) in [7, 11) is 1.58. The number of rotatable bonds is 5. The zero-order valence-electron chi connectivity index (χ0n) is 11.8. The monoisotopic (exact) mass is 327 g/mol. The normalized spacial score (nSPS) is 12.2. The second-order valence-corrected chi connectivity index (χ2v) is 5.42. The van der Waals surface area contributed by atoms with Crippen molar-refractivity contribution in [1.82, 2.24) is 5.32 Å². The smallest absolute Gasteiger partial charge is 0.129 e. The zero-order valence-corrected chi connectivity index (χ0v) is 13.3. The van der Waals surface area contributed by atoms with Gasteiger partial charge in [-0.25, -0.2) is 4.39 Å². The maximum absolute atomic E-state index is 14.2. The van der Waals surface area contributed by atoms with E-state index in [9.17, 15) is 4.39 Å². The molecule has 0 amide bonds. The molecule has 5 heteroatoms. The quantitative estimate of drug-likeness (QED) is 0.848. The molecule has 2 aromatic carbocycles. The van der Waals surface area contributed by atoms with E-state index in [0.29, 0.717) is 27.9 Å². The van der Waals surface area contributed by atoms with Crippen molar-refractivity contribution in [3.63, 3.8) is 0 Å². The van der Waals surface area contributed by atoms with Crippen LogP contribution in [-0.2, 0) is 0 Å². The number of halogens is 3. The average Bonchev–Trinajstić information content (AvgIpc) is 2.45. The van der Waals surface area contributed by atoms with E-state index in [1.165, 1.54) is 6.07 Å². The predicted molar refractivity (Wildman–Crippen MR) is 84.9 cm³/mol. The van der Waals surface area contributed by atoms with Crippen molar-refractivity contribution in [3.05, 3.63) is 63.4 Å². The fourth-order valence-electron chi connectivity index (χ4n) is 2.26. The fourth-order valence-corrected chi connectivity index (χ4v) is 2.60. The van der Waals surface area contributed by atoms with Crippen molar-refractivity contribution in [2.45, 2.75) is 13.0 Å². The molecule has 1 N–H and O–H groups in total. The van der Waals surface area contributed by atoms with Crippen LogP contribution in [0.3, 0.4) is 0 Å². The van der Waals surface area contributed by atoms with E-state index in [2.05, 4.69) is 5.32 Å². The summed E-state index contributed by atoms with van der Waals surface area (Å²) in [5.74, 6) is 0.287. The highest BCUT2D eigenvalue weighted by Crippen LogP contribution is 2.34. The Labute approximate surface area is 133 Å². The SMILES string of the molecule is CCNC(c1ccc(Cl)cc1F)c1cc(Cl)ccc1OC. The minimum Gasteiger partial charge on any atom is -0.496 e. The van der Waals surface area contributed by atoms with E-state index < -0.39 is 0 Å². The zero-order chi connectivity index (χ0) is 15.4. The summed E-state index contributed by atoms with van der Waals surface area (Å²) in [4.78, 5) is 0. The fraction of sp³-hybridized carbons (Fsp3) is 0.250. The maximum atomic E-state index is 14.2. The minimum atomic E-state index is -0.365. The first-order valence-electron chi connectivity index (χ1n) is 6.58. The summed E-state index contributed by atoms with van der Waals surface area (Å²) >= 11 is 11.9. The van der Waals surface area contributed by atoms with E-state index in [0.717, 1.165) is 5.56 Å². The molecule has 0 saturated carbocycles. The molecule has 21 heavy (non-hydrogen) atoms. The van der Waals surface area contributed by atoms with Crippen molar-refractivity contribution in [2.75, 3.05) is 13.7 Å². The van der Waals surface area contributed by atoms with Crippen LogP contribution in [0.15, 0.2) is 36.4 Å². The largest absolute Gasteiger partial charge is 0.496 e. The first-order chi connectivity index (χ1) is 10.1. The first kappa shape index (κ1) is 16.1. The number of hydrogen-bond acceptors (Lipinski definition) is 2. The van der Waals surface area contributed by atoms with Crippen LogP contribution in [-0.4, -0.2) is 13.7 Å². The van der Waals surface area contributed by atoms with Gasteiger partial charge in [-0.15, -0.1) is 0 Å². The van der Waals surface area contributed by atoms with Crippen LogP contribution in [0, 0.1) is 5.82 Å². The Hall–Kier alpha value is -1.29. The van der Waals surface area contributed by atoms with Crippen LogP contribution >= 0.6 is 23.2 Å². The lowest BCUT2D eigenvalue weighted by Gasteiger charge is -2.22.